The van der Waals surface area contributed by atoms with Gasteiger partial charge in [-0.3, -0.25) is 14.6 Å². The summed E-state index contributed by atoms with van der Waals surface area (Å²) in [6.45, 7) is 6.47. The second-order valence-corrected chi connectivity index (χ2v) is 4.92. The Balaban J connectivity index is 1.76. The largest absolute Gasteiger partial charge is 0.480 e. The van der Waals surface area contributed by atoms with Crippen molar-refractivity contribution in [2.24, 2.45) is 5.92 Å². The minimum Gasteiger partial charge on any atom is -0.480 e. The Morgan fingerprint density at radius 2 is 2.13 bits per heavy atom. The predicted molar refractivity (Wildman–Crippen MR) is 57.8 cm³/mol. The zero-order valence-corrected chi connectivity index (χ0v) is 9.35. The van der Waals surface area contributed by atoms with Crippen LogP contribution in [0.3, 0.4) is 0 Å². The normalized spacial score (nSPS) is 29.3. The molecule has 2 aliphatic rings. The molecule has 1 aliphatic carbocycles. The number of hydrogen-bond acceptors (Lipinski definition) is 3. The van der Waals surface area contributed by atoms with Crippen molar-refractivity contribution in [3.05, 3.63) is 0 Å². The highest BCUT2D eigenvalue weighted by atomic mass is 16.4. The Hall–Kier alpha value is -0.610. The molecule has 0 aromatic heterocycles. The topological polar surface area (TPSA) is 43.8 Å². The van der Waals surface area contributed by atoms with Gasteiger partial charge in [-0.15, -0.1) is 0 Å². The number of carboxylic acid groups (broad SMARTS) is 1. The summed E-state index contributed by atoms with van der Waals surface area (Å²) in [6, 6.07) is 0.513. The van der Waals surface area contributed by atoms with Crippen molar-refractivity contribution in [1.29, 1.82) is 0 Å². The summed E-state index contributed by atoms with van der Waals surface area (Å²) in [4.78, 5) is 15.1. The molecule has 0 spiro atoms. The van der Waals surface area contributed by atoms with Crippen molar-refractivity contribution >= 4 is 5.97 Å². The second kappa shape index (κ2) is 4.49. The monoisotopic (exact) mass is 212 g/mol. The van der Waals surface area contributed by atoms with E-state index in [0.29, 0.717) is 6.04 Å². The summed E-state index contributed by atoms with van der Waals surface area (Å²) in [5, 5.41) is 8.72. The zero-order chi connectivity index (χ0) is 10.8. The predicted octanol–water partition coefficient (Wildman–Crippen LogP) is 0.487. The molecule has 15 heavy (non-hydrogen) atoms. The number of piperazine rings is 1. The Morgan fingerprint density at radius 1 is 1.40 bits per heavy atom. The maximum absolute atomic E-state index is 10.6. The Morgan fingerprint density at radius 3 is 2.67 bits per heavy atom. The van der Waals surface area contributed by atoms with Crippen LogP contribution in [0.15, 0.2) is 0 Å². The molecule has 0 radical (unpaired) electrons. The van der Waals surface area contributed by atoms with Gasteiger partial charge in [0.2, 0.25) is 0 Å². The molecule has 0 amide bonds. The number of hydrogen-bond donors (Lipinski definition) is 1. The molecule has 1 N–H and O–H groups in total. The van der Waals surface area contributed by atoms with Crippen LogP contribution in [0, 0.1) is 5.92 Å². The average Bonchev–Trinajstić information content (AvgIpc) is 2.92. The van der Waals surface area contributed by atoms with E-state index in [1.165, 1.54) is 19.4 Å². The third-order valence-electron chi connectivity index (χ3n) is 3.40. The highest BCUT2D eigenvalue weighted by Crippen LogP contribution is 2.30. The molecule has 1 atom stereocenters. The third-order valence-corrected chi connectivity index (χ3v) is 3.40. The van der Waals surface area contributed by atoms with E-state index >= 15 is 0 Å². The third kappa shape index (κ3) is 3.18. The van der Waals surface area contributed by atoms with Gasteiger partial charge in [0, 0.05) is 32.2 Å². The molecule has 2 fully saturated rings. The van der Waals surface area contributed by atoms with Crippen LogP contribution in [-0.4, -0.2) is 59.6 Å². The highest BCUT2D eigenvalue weighted by molar-refractivity contribution is 5.69. The molecule has 2 rings (SSSR count). The molecule has 0 unspecified atom stereocenters. The van der Waals surface area contributed by atoms with Gasteiger partial charge in [0.15, 0.2) is 0 Å². The average molecular weight is 212 g/mol. The van der Waals surface area contributed by atoms with Crippen molar-refractivity contribution in [1.82, 2.24) is 9.80 Å². The van der Waals surface area contributed by atoms with Crippen LogP contribution in [0.4, 0.5) is 0 Å². The molecule has 4 heteroatoms. The minimum absolute atomic E-state index is 0.196. The molecule has 0 aromatic carbocycles. The van der Waals surface area contributed by atoms with E-state index in [9.17, 15) is 4.79 Å². The fraction of sp³-hybridized carbons (Fsp3) is 0.909. The molecule has 4 nitrogen and oxygen atoms in total. The standard InChI is InChI=1S/C11H20N2O2/c1-9-6-12(8-11(14)15)4-5-13(9)7-10-2-3-10/h9-10H,2-8H2,1H3,(H,14,15)/t9-/m0/s1. The van der Waals surface area contributed by atoms with Crippen LogP contribution in [0.1, 0.15) is 19.8 Å². The first-order chi connectivity index (χ1) is 7.15. The van der Waals surface area contributed by atoms with Gasteiger partial charge in [-0.05, 0) is 25.7 Å². The van der Waals surface area contributed by atoms with Crippen LogP contribution < -0.4 is 0 Å². The first kappa shape index (κ1) is 10.9. The maximum atomic E-state index is 10.6. The van der Waals surface area contributed by atoms with Gasteiger partial charge in [0.05, 0.1) is 6.54 Å². The van der Waals surface area contributed by atoms with Crippen molar-refractivity contribution < 1.29 is 9.90 Å². The molecule has 0 aromatic rings. The molecule has 1 aliphatic heterocycles. The first-order valence-corrected chi connectivity index (χ1v) is 5.83. The number of carboxylic acids is 1. The Labute approximate surface area is 90.9 Å². The summed E-state index contributed by atoms with van der Waals surface area (Å²) in [6.07, 6.45) is 2.78. The molecule has 1 saturated heterocycles. The maximum Gasteiger partial charge on any atom is 0.317 e. The van der Waals surface area contributed by atoms with E-state index in [2.05, 4.69) is 11.8 Å². The summed E-state index contributed by atoms with van der Waals surface area (Å²) >= 11 is 0. The summed E-state index contributed by atoms with van der Waals surface area (Å²) in [7, 11) is 0. The quantitative estimate of drug-likeness (QED) is 0.736. The fourth-order valence-electron chi connectivity index (χ4n) is 2.31. The molecule has 86 valence electrons. The van der Waals surface area contributed by atoms with E-state index in [-0.39, 0.29) is 6.54 Å². The van der Waals surface area contributed by atoms with Crippen LogP contribution in [0.2, 0.25) is 0 Å². The lowest BCUT2D eigenvalue weighted by atomic mass is 10.1. The van der Waals surface area contributed by atoms with E-state index in [0.717, 1.165) is 25.6 Å². The summed E-state index contributed by atoms with van der Waals surface area (Å²) < 4.78 is 0. The van der Waals surface area contributed by atoms with Crippen molar-refractivity contribution in [3.8, 4) is 0 Å². The SMILES string of the molecule is C[C@H]1CN(CC(=O)O)CCN1CC1CC1. The second-order valence-electron chi connectivity index (χ2n) is 4.92. The number of nitrogens with zero attached hydrogens (tertiary/aromatic N) is 2. The Bertz CT molecular complexity index is 241. The van der Waals surface area contributed by atoms with E-state index in [1.54, 1.807) is 0 Å². The molecular weight excluding hydrogens is 192 g/mol. The van der Waals surface area contributed by atoms with Gasteiger partial charge in [-0.1, -0.05) is 0 Å². The van der Waals surface area contributed by atoms with Crippen LogP contribution >= 0.6 is 0 Å². The number of aliphatic carboxylic acids is 1. The highest BCUT2D eigenvalue weighted by Gasteiger charge is 2.30. The van der Waals surface area contributed by atoms with Gasteiger partial charge in [0.25, 0.3) is 0 Å². The lowest BCUT2D eigenvalue weighted by molar-refractivity contribution is -0.139. The van der Waals surface area contributed by atoms with Crippen molar-refractivity contribution in [3.63, 3.8) is 0 Å². The van der Waals surface area contributed by atoms with Crippen LogP contribution in [0.5, 0.6) is 0 Å². The van der Waals surface area contributed by atoms with Gasteiger partial charge in [0.1, 0.15) is 0 Å². The smallest absolute Gasteiger partial charge is 0.317 e. The summed E-state index contributed by atoms with van der Waals surface area (Å²) in [5.74, 6) is 0.219. The van der Waals surface area contributed by atoms with Gasteiger partial charge >= 0.3 is 5.97 Å². The van der Waals surface area contributed by atoms with Crippen LogP contribution in [-0.2, 0) is 4.79 Å². The van der Waals surface area contributed by atoms with Gasteiger partial charge < -0.3 is 5.11 Å². The van der Waals surface area contributed by atoms with E-state index in [1.807, 2.05) is 4.90 Å². The molecule has 1 heterocycles. The fourth-order valence-corrected chi connectivity index (χ4v) is 2.31. The molecular formula is C11H20N2O2. The zero-order valence-electron chi connectivity index (χ0n) is 9.35. The van der Waals surface area contributed by atoms with Crippen molar-refractivity contribution in [2.75, 3.05) is 32.7 Å². The first-order valence-electron chi connectivity index (χ1n) is 5.83. The van der Waals surface area contributed by atoms with Crippen molar-refractivity contribution in [2.45, 2.75) is 25.8 Å². The molecule has 0 bridgehead atoms. The number of rotatable bonds is 4. The minimum atomic E-state index is -0.710. The lowest BCUT2D eigenvalue weighted by Gasteiger charge is -2.39. The van der Waals surface area contributed by atoms with E-state index in [4.69, 9.17) is 5.11 Å². The summed E-state index contributed by atoms with van der Waals surface area (Å²) in [5.41, 5.74) is 0. The van der Waals surface area contributed by atoms with Crippen LogP contribution in [0.25, 0.3) is 0 Å². The lowest BCUT2D eigenvalue weighted by Crippen LogP contribution is -2.53. The Kier molecular flexibility index (Phi) is 3.26. The van der Waals surface area contributed by atoms with Gasteiger partial charge in [-0.2, -0.15) is 0 Å². The number of carbonyl (C=O) groups is 1. The molecule has 1 saturated carbocycles. The van der Waals surface area contributed by atoms with E-state index < -0.39 is 5.97 Å². The van der Waals surface area contributed by atoms with Gasteiger partial charge in [-0.25, -0.2) is 0 Å².